The Balaban J connectivity index is 1.24. The maximum atomic E-state index is 14.5. The number of methoxy groups -OCH3 is 2. The molecule has 0 unspecified atom stereocenters. The summed E-state index contributed by atoms with van der Waals surface area (Å²) in [7, 11) is 8.38. The molecule has 7 N–H and O–H groups in total. The fraction of sp³-hybridized carbons (Fsp3) is 0.662. The molecule has 0 aliphatic carbocycles. The molecule has 2 aromatic carbocycles. The number of thioether (sulfide) groups is 2. The number of carbonyl (C=O) groups is 11. The number of imide groups is 1. The van der Waals surface area contributed by atoms with Crippen LogP contribution in [0.15, 0.2) is 47.6 Å². The van der Waals surface area contributed by atoms with Gasteiger partial charge in [0.2, 0.25) is 35.4 Å². The molecule has 9 amide bonds. The number of nitrogens with zero attached hydrogens (tertiary/aromatic N) is 8. The lowest BCUT2D eigenvalue weighted by Gasteiger charge is -2.41. The summed E-state index contributed by atoms with van der Waals surface area (Å²) >= 11 is 3.33. The number of amides is 9. The van der Waals surface area contributed by atoms with Crippen LogP contribution in [-0.4, -0.2) is 232 Å². The molecule has 0 bridgehead atoms. The number of hydrogen-bond donors (Lipinski definition) is 6. The minimum Gasteiger partial charge on any atom is -0.379 e. The first-order chi connectivity index (χ1) is 49.8. The molecule has 2 heterocycles. The molecule has 1 aromatic heterocycles. The van der Waals surface area contributed by atoms with Crippen LogP contribution >= 0.6 is 23.5 Å². The highest BCUT2D eigenvalue weighted by Crippen LogP contribution is 2.32. The van der Waals surface area contributed by atoms with Crippen molar-refractivity contribution in [2.45, 2.75) is 186 Å². The number of ketones is 3. The van der Waals surface area contributed by atoms with Crippen LogP contribution in [0.2, 0.25) is 0 Å². The normalized spacial score (nSPS) is 16.1. The molecule has 0 radical (unpaired) electrons. The molecule has 582 valence electrons. The molecule has 4 rings (SSSR count). The molecule has 1 aliphatic rings. The Labute approximate surface area is 626 Å². The number of ether oxygens (including phenoxy) is 4. The number of primary amides is 1. The molecule has 3 aromatic rings. The van der Waals surface area contributed by atoms with Gasteiger partial charge in [-0.25, -0.2) is 14.8 Å². The lowest BCUT2D eigenvalue weighted by molar-refractivity contribution is -0.149. The van der Waals surface area contributed by atoms with Gasteiger partial charge in [0.05, 0.1) is 110 Å². The van der Waals surface area contributed by atoms with Crippen molar-refractivity contribution in [3.05, 3.63) is 81.0 Å². The number of aromatic nitrogens is 2. The van der Waals surface area contributed by atoms with E-state index in [1.165, 1.54) is 28.1 Å². The second-order valence-corrected chi connectivity index (χ2v) is 29.7. The van der Waals surface area contributed by atoms with E-state index in [2.05, 4.69) is 36.6 Å². The van der Waals surface area contributed by atoms with Gasteiger partial charge in [-0.1, -0.05) is 91.2 Å². The smallest absolute Gasteiger partial charge is 0.321 e. The summed E-state index contributed by atoms with van der Waals surface area (Å²) in [4.78, 5) is 166. The number of nitrogens with one attached hydrogen (secondary N) is 5. The van der Waals surface area contributed by atoms with Gasteiger partial charge in [-0.15, -0.1) is 0 Å². The number of hydrogen-bond acceptors (Lipinski definition) is 21. The molecule has 29 nitrogen and oxygen atoms in total. The maximum Gasteiger partial charge on any atom is 0.321 e. The lowest BCUT2D eigenvalue weighted by Crippen LogP contribution is -2.55. The van der Waals surface area contributed by atoms with Crippen molar-refractivity contribution in [1.29, 1.82) is 0 Å². The number of Topliss-reactive ketones (excluding diaryl/α,β-unsaturated/α-hetero) is 3. The van der Waals surface area contributed by atoms with Crippen molar-refractivity contribution in [3.63, 3.8) is 0 Å². The van der Waals surface area contributed by atoms with Crippen molar-refractivity contribution in [1.82, 2.24) is 51.3 Å². The first-order valence-corrected chi connectivity index (χ1v) is 38.8. The van der Waals surface area contributed by atoms with Gasteiger partial charge in [-0.05, 0) is 105 Å². The Morgan fingerprint density at radius 3 is 1.96 bits per heavy atom. The third-order valence-electron chi connectivity index (χ3n) is 19.1. The average molecular weight is 1500 g/mol. The number of likely N-dealkylation sites (N-methyl/N-ethyl adjacent to an activating group) is 2. The van der Waals surface area contributed by atoms with Crippen LogP contribution in [0.5, 0.6) is 0 Å². The molecule has 0 saturated carbocycles. The topological polar surface area (TPSA) is 395 Å². The Kier molecular flexibility index (Phi) is 39.1. The van der Waals surface area contributed by atoms with Crippen LogP contribution in [0.25, 0.3) is 21.5 Å². The fourth-order valence-corrected chi connectivity index (χ4v) is 14.2. The van der Waals surface area contributed by atoms with Gasteiger partial charge in [-0.3, -0.25) is 58.2 Å². The zero-order valence-corrected chi connectivity index (χ0v) is 65.8. The number of benzene rings is 2. The largest absolute Gasteiger partial charge is 0.379 e. The van der Waals surface area contributed by atoms with Gasteiger partial charge >= 0.3 is 6.03 Å². The third kappa shape index (κ3) is 28.5. The number of fused-ring (bicyclic) bond motifs is 1. The van der Waals surface area contributed by atoms with Gasteiger partial charge in [0.15, 0.2) is 17.3 Å². The van der Waals surface area contributed by atoms with Crippen LogP contribution < -0.4 is 32.3 Å². The monoisotopic (exact) mass is 1500 g/mol. The average Bonchev–Trinajstić information content (AvgIpc) is 1.60. The molecule has 0 spiro atoms. The molecule has 105 heavy (non-hydrogen) atoms. The van der Waals surface area contributed by atoms with Gasteiger partial charge < -0.3 is 55.7 Å². The predicted octanol–water partition coefficient (Wildman–Crippen LogP) is 6.57. The van der Waals surface area contributed by atoms with Crippen molar-refractivity contribution in [2.24, 2.45) is 46.4 Å². The summed E-state index contributed by atoms with van der Waals surface area (Å²) in [5, 5.41) is 16.8. The van der Waals surface area contributed by atoms with Crippen molar-refractivity contribution in [2.75, 3.05) is 93.9 Å². The number of urea groups is 1. The maximum absolute atomic E-state index is 14.5. The highest BCUT2D eigenvalue weighted by atomic mass is 32.2. The number of nitrogens with two attached hydrogens (primary N) is 1. The highest BCUT2D eigenvalue weighted by Gasteiger charge is 2.44. The minimum absolute atomic E-state index is 0.00921. The summed E-state index contributed by atoms with van der Waals surface area (Å²) in [6.07, 6.45) is 3.23. The summed E-state index contributed by atoms with van der Waals surface area (Å²) in [5.74, 6) is -5.69. The number of azide groups is 1. The van der Waals surface area contributed by atoms with E-state index in [1.807, 2.05) is 73.0 Å². The van der Waals surface area contributed by atoms with E-state index >= 15 is 0 Å². The Hall–Kier alpha value is -7.64. The van der Waals surface area contributed by atoms with Crippen molar-refractivity contribution in [3.8, 4) is 0 Å². The molecule has 31 heteroatoms. The third-order valence-corrected chi connectivity index (χ3v) is 20.2. The Morgan fingerprint density at radius 1 is 0.743 bits per heavy atom. The second kappa shape index (κ2) is 45.8. The van der Waals surface area contributed by atoms with E-state index in [1.54, 1.807) is 89.8 Å². The molecular weight excluding hydrogens is 1390 g/mol. The van der Waals surface area contributed by atoms with Gasteiger partial charge in [0, 0.05) is 106 Å². The predicted molar refractivity (Wildman–Crippen MR) is 404 cm³/mol. The Morgan fingerprint density at radius 2 is 1.38 bits per heavy atom. The van der Waals surface area contributed by atoms with Crippen LogP contribution in [0.1, 0.15) is 147 Å². The van der Waals surface area contributed by atoms with Crippen LogP contribution in [0, 0.1) is 35.5 Å². The quantitative estimate of drug-likeness (QED) is 0.0151. The van der Waals surface area contributed by atoms with Crippen molar-refractivity contribution >= 4 is 99.3 Å². The molecule has 1 fully saturated rings. The van der Waals surface area contributed by atoms with E-state index in [0.29, 0.717) is 48.0 Å². The van der Waals surface area contributed by atoms with Gasteiger partial charge in [0.1, 0.15) is 0 Å². The number of likely N-dealkylation sites (tertiary alicyclic amines) is 1. The molecule has 1 saturated heterocycles. The number of carbonyl (C=O) groups excluding carboxylic acids is 11. The first-order valence-electron chi connectivity index (χ1n) is 36.0. The van der Waals surface area contributed by atoms with E-state index in [-0.39, 0.29) is 125 Å². The van der Waals surface area contributed by atoms with Crippen LogP contribution in [-0.2, 0) is 86.4 Å². The first kappa shape index (κ1) is 89.8. The van der Waals surface area contributed by atoms with E-state index in [9.17, 15) is 58.3 Å². The minimum atomic E-state index is -1.33. The standard InChI is InChI=1S/C74H114N14O15S2/c1-17-45(6)68(87(12)73(98)53(43(2)3)37-62(91)67(44(4)5)86(10)11)63(100-13)39-66(94)88-28-18-19-59(88)69(101-14)47(8)71(96)84-74(99)80-52(40-78-85-76)34-49-20-22-50(23-21-49)35-61(90)56(38-64(75)92)83-70(95)46(7)33-60(89)48(9)79-65(93)26-29-102-31-32-103-30-27-77-72(97)51-24-25-54-55(36-51)82-58(42-105-16)57(81-54)41-104-15/h20-25,36,43-48,52-53,56,59,63,67-69H,17-19,26-35,37-42H2,1-16H3,(H2,75,92)(H,77,97)(H,79,93)(H,83,95)(H2,80,84,96,99)/t45-,46+,47+,48-,52-,53-,56-,59-,63+,67-,68-,69+/m0/s1. The van der Waals surface area contributed by atoms with Crippen LogP contribution in [0.3, 0.4) is 0 Å². The second-order valence-electron chi connectivity index (χ2n) is 28.0. The van der Waals surface area contributed by atoms with E-state index in [4.69, 9.17) is 34.6 Å². The Bertz CT molecular complexity index is 3440. The zero-order chi connectivity index (χ0) is 78.2. The highest BCUT2D eigenvalue weighted by molar-refractivity contribution is 7.98. The van der Waals surface area contributed by atoms with E-state index in [0.717, 1.165) is 28.4 Å². The fourth-order valence-electron chi connectivity index (χ4n) is 13.2. The SMILES string of the molecule is CC[C@H](C)[C@@H]([C@@H](CC(=O)N1CCC[C@H]1[C@H](OC)[C@@H](C)C(=O)NC(=O)N[C@H](CN=[N+]=[N-])Cc1ccc(CC(=O)[C@H](CC(N)=O)NC(=O)[C@H](C)CC(=O)[C@H](C)NC(=O)CCOCCOCCNC(=O)c2ccc3nc(CSC)c(CSC)nc3c2)cc1)OC)N(C)C(=O)[C@@H](CC(=O)[C@H](C(C)C)N(C)C)C(C)C. The van der Waals surface area contributed by atoms with Gasteiger partial charge in [-0.2, -0.15) is 23.5 Å². The van der Waals surface area contributed by atoms with Gasteiger partial charge in [0.25, 0.3) is 5.91 Å². The number of rotatable bonds is 48. The molecular formula is C74H114N14O15S2. The lowest BCUT2D eigenvalue weighted by atomic mass is 9.83. The van der Waals surface area contributed by atoms with E-state index < -0.39 is 108 Å². The molecule has 12 atom stereocenters. The summed E-state index contributed by atoms with van der Waals surface area (Å²) in [5.41, 5.74) is 19.6. The molecule has 1 aliphatic heterocycles. The van der Waals surface area contributed by atoms with Crippen molar-refractivity contribution < 1.29 is 71.7 Å². The summed E-state index contributed by atoms with van der Waals surface area (Å²) < 4.78 is 23.1. The summed E-state index contributed by atoms with van der Waals surface area (Å²) in [6, 6.07) is 6.41. The zero-order valence-electron chi connectivity index (χ0n) is 64.2. The summed E-state index contributed by atoms with van der Waals surface area (Å²) in [6.45, 7) is 17.5. The van der Waals surface area contributed by atoms with Crippen LogP contribution in [0.4, 0.5) is 4.79 Å².